The summed E-state index contributed by atoms with van der Waals surface area (Å²) in [5, 5.41) is 3.57. The summed E-state index contributed by atoms with van der Waals surface area (Å²) in [5.41, 5.74) is 0. The molecule has 0 spiro atoms. The Morgan fingerprint density at radius 2 is 2.27 bits per heavy atom. The lowest BCUT2D eigenvalue weighted by atomic mass is 10.1. The van der Waals surface area contributed by atoms with Crippen LogP contribution in [0.4, 0.5) is 0 Å². The maximum Gasteiger partial charge on any atom is 0.0619 e. The highest BCUT2D eigenvalue weighted by Gasteiger charge is 2.13. The number of rotatable bonds is 6. The van der Waals surface area contributed by atoms with Crippen LogP contribution in [-0.4, -0.2) is 49.8 Å². The second-order valence-corrected chi connectivity index (χ2v) is 4.59. The summed E-state index contributed by atoms with van der Waals surface area (Å²) in [7, 11) is 0. The predicted molar refractivity (Wildman–Crippen MR) is 64.2 cm³/mol. The molecule has 0 aliphatic carbocycles. The molecule has 1 N–H and O–H groups in total. The van der Waals surface area contributed by atoms with Crippen LogP contribution in [0.5, 0.6) is 0 Å². The van der Waals surface area contributed by atoms with Gasteiger partial charge >= 0.3 is 0 Å². The molecule has 1 aliphatic rings. The maximum atomic E-state index is 5.44. The quantitative estimate of drug-likeness (QED) is 0.725. The highest BCUT2D eigenvalue weighted by molar-refractivity contribution is 4.71. The van der Waals surface area contributed by atoms with Crippen molar-refractivity contribution in [1.29, 1.82) is 0 Å². The fourth-order valence-electron chi connectivity index (χ4n) is 2.10. The monoisotopic (exact) mass is 214 g/mol. The molecule has 90 valence electrons. The van der Waals surface area contributed by atoms with Gasteiger partial charge in [-0.1, -0.05) is 6.92 Å². The van der Waals surface area contributed by atoms with Crippen molar-refractivity contribution in [1.82, 2.24) is 10.2 Å². The number of hydrogen-bond donors (Lipinski definition) is 1. The van der Waals surface area contributed by atoms with E-state index >= 15 is 0 Å². The van der Waals surface area contributed by atoms with Crippen molar-refractivity contribution in [3.8, 4) is 0 Å². The second kappa shape index (κ2) is 7.20. The molecule has 1 fully saturated rings. The van der Waals surface area contributed by atoms with E-state index in [4.69, 9.17) is 4.74 Å². The Kier molecular flexibility index (Phi) is 6.22. The predicted octanol–water partition coefficient (Wildman–Crippen LogP) is 1.49. The number of likely N-dealkylation sites (N-methyl/N-ethyl adjacent to an activating group) is 1. The highest BCUT2D eigenvalue weighted by Crippen LogP contribution is 2.05. The molecular weight excluding hydrogens is 188 g/mol. The normalized spacial score (nSPS) is 22.6. The minimum absolute atomic E-state index is 0.588. The average molecular weight is 214 g/mol. The van der Waals surface area contributed by atoms with E-state index < -0.39 is 0 Å². The van der Waals surface area contributed by atoms with E-state index in [-0.39, 0.29) is 0 Å². The summed E-state index contributed by atoms with van der Waals surface area (Å²) in [6.07, 6.45) is 2.48. The molecule has 0 aromatic rings. The summed E-state index contributed by atoms with van der Waals surface area (Å²) in [6, 6.07) is 1.24. The smallest absolute Gasteiger partial charge is 0.0619 e. The van der Waals surface area contributed by atoms with Gasteiger partial charge in [0.05, 0.1) is 6.61 Å². The van der Waals surface area contributed by atoms with Gasteiger partial charge in [0.1, 0.15) is 0 Å². The molecule has 3 heteroatoms. The first-order valence-electron chi connectivity index (χ1n) is 6.29. The van der Waals surface area contributed by atoms with Gasteiger partial charge in [-0.25, -0.2) is 0 Å². The van der Waals surface area contributed by atoms with E-state index in [1.165, 1.54) is 12.8 Å². The zero-order chi connectivity index (χ0) is 11.1. The molecule has 1 saturated heterocycles. The number of nitrogens with one attached hydrogen (secondary N) is 1. The Labute approximate surface area is 94.2 Å². The topological polar surface area (TPSA) is 24.5 Å². The van der Waals surface area contributed by atoms with Gasteiger partial charge < -0.3 is 10.1 Å². The third-order valence-electron chi connectivity index (χ3n) is 3.13. The van der Waals surface area contributed by atoms with Crippen molar-refractivity contribution < 1.29 is 4.74 Å². The van der Waals surface area contributed by atoms with Crippen molar-refractivity contribution in [3.63, 3.8) is 0 Å². The number of nitrogens with zero attached hydrogens (tertiary/aromatic N) is 1. The SMILES string of the molecule is CCN(CCNC1CCCOC1)C(C)C. The molecule has 1 atom stereocenters. The third-order valence-corrected chi connectivity index (χ3v) is 3.13. The van der Waals surface area contributed by atoms with Crippen LogP contribution in [0.25, 0.3) is 0 Å². The van der Waals surface area contributed by atoms with Gasteiger partial charge in [0.2, 0.25) is 0 Å². The van der Waals surface area contributed by atoms with Gasteiger partial charge in [-0.3, -0.25) is 4.90 Å². The minimum Gasteiger partial charge on any atom is -0.380 e. The lowest BCUT2D eigenvalue weighted by Gasteiger charge is -2.27. The molecular formula is C12H26N2O. The molecule has 0 saturated carbocycles. The van der Waals surface area contributed by atoms with Crippen molar-refractivity contribution in [3.05, 3.63) is 0 Å². The molecule has 0 bridgehead atoms. The van der Waals surface area contributed by atoms with Crippen LogP contribution in [-0.2, 0) is 4.74 Å². The number of hydrogen-bond acceptors (Lipinski definition) is 3. The zero-order valence-corrected chi connectivity index (χ0v) is 10.5. The third kappa shape index (κ3) is 4.96. The molecule has 1 unspecified atom stereocenters. The zero-order valence-electron chi connectivity index (χ0n) is 10.5. The van der Waals surface area contributed by atoms with Crippen LogP contribution in [0, 0.1) is 0 Å². The van der Waals surface area contributed by atoms with E-state index in [1.807, 2.05) is 0 Å². The van der Waals surface area contributed by atoms with Crippen molar-refractivity contribution in [2.75, 3.05) is 32.8 Å². The van der Waals surface area contributed by atoms with Crippen LogP contribution in [0.3, 0.4) is 0 Å². The average Bonchev–Trinajstić information content (AvgIpc) is 2.25. The van der Waals surface area contributed by atoms with Gasteiger partial charge in [-0.05, 0) is 33.2 Å². The molecule has 1 aliphatic heterocycles. The van der Waals surface area contributed by atoms with E-state index in [0.717, 1.165) is 32.8 Å². The van der Waals surface area contributed by atoms with Gasteiger partial charge in [-0.15, -0.1) is 0 Å². The van der Waals surface area contributed by atoms with Crippen LogP contribution >= 0.6 is 0 Å². The van der Waals surface area contributed by atoms with Crippen LogP contribution < -0.4 is 5.32 Å². The first-order valence-corrected chi connectivity index (χ1v) is 6.29. The molecule has 0 aromatic heterocycles. The summed E-state index contributed by atoms with van der Waals surface area (Å²) in [6.45, 7) is 12.0. The summed E-state index contributed by atoms with van der Waals surface area (Å²) in [5.74, 6) is 0. The number of ether oxygens (including phenoxy) is 1. The summed E-state index contributed by atoms with van der Waals surface area (Å²) >= 11 is 0. The molecule has 0 aromatic carbocycles. The van der Waals surface area contributed by atoms with E-state index in [2.05, 4.69) is 31.0 Å². The van der Waals surface area contributed by atoms with Crippen LogP contribution in [0.15, 0.2) is 0 Å². The van der Waals surface area contributed by atoms with Crippen molar-refractivity contribution in [2.24, 2.45) is 0 Å². The molecule has 1 heterocycles. The van der Waals surface area contributed by atoms with E-state index in [9.17, 15) is 0 Å². The standard InChI is InChI=1S/C12H26N2O/c1-4-14(11(2)3)8-7-13-12-6-5-9-15-10-12/h11-13H,4-10H2,1-3H3. The van der Waals surface area contributed by atoms with Crippen LogP contribution in [0.2, 0.25) is 0 Å². The highest BCUT2D eigenvalue weighted by atomic mass is 16.5. The van der Waals surface area contributed by atoms with Gasteiger partial charge in [0.25, 0.3) is 0 Å². The fourth-order valence-corrected chi connectivity index (χ4v) is 2.10. The Morgan fingerprint density at radius 1 is 1.47 bits per heavy atom. The van der Waals surface area contributed by atoms with Gasteiger partial charge in [0, 0.05) is 31.8 Å². The van der Waals surface area contributed by atoms with E-state index in [1.54, 1.807) is 0 Å². The molecule has 3 nitrogen and oxygen atoms in total. The lowest BCUT2D eigenvalue weighted by Crippen LogP contribution is -2.42. The molecule has 0 radical (unpaired) electrons. The maximum absolute atomic E-state index is 5.44. The first kappa shape index (κ1) is 12.9. The summed E-state index contributed by atoms with van der Waals surface area (Å²) < 4.78 is 5.44. The Morgan fingerprint density at radius 3 is 2.80 bits per heavy atom. The van der Waals surface area contributed by atoms with Crippen molar-refractivity contribution in [2.45, 2.75) is 45.7 Å². The molecule has 15 heavy (non-hydrogen) atoms. The van der Waals surface area contributed by atoms with Crippen molar-refractivity contribution >= 4 is 0 Å². The largest absolute Gasteiger partial charge is 0.380 e. The molecule has 0 amide bonds. The fraction of sp³-hybridized carbons (Fsp3) is 1.00. The first-order chi connectivity index (χ1) is 7.24. The Hall–Kier alpha value is -0.120. The Bertz CT molecular complexity index is 156. The second-order valence-electron chi connectivity index (χ2n) is 4.59. The van der Waals surface area contributed by atoms with E-state index in [0.29, 0.717) is 12.1 Å². The van der Waals surface area contributed by atoms with Gasteiger partial charge in [-0.2, -0.15) is 0 Å². The minimum atomic E-state index is 0.588. The lowest BCUT2D eigenvalue weighted by molar-refractivity contribution is 0.0691. The summed E-state index contributed by atoms with van der Waals surface area (Å²) in [4.78, 5) is 2.48. The van der Waals surface area contributed by atoms with Gasteiger partial charge in [0.15, 0.2) is 0 Å². The molecule has 1 rings (SSSR count). The Balaban J connectivity index is 2.08. The van der Waals surface area contributed by atoms with Crippen LogP contribution in [0.1, 0.15) is 33.6 Å².